The molecule has 184 valence electrons. The summed E-state index contributed by atoms with van der Waals surface area (Å²) in [5, 5.41) is 14.0. The summed E-state index contributed by atoms with van der Waals surface area (Å²) in [6.07, 6.45) is 0.481. The number of carbonyl (C=O) groups is 4. The number of nitrogens with one attached hydrogen (secondary N) is 1. The molecule has 8 nitrogen and oxygen atoms in total. The van der Waals surface area contributed by atoms with Gasteiger partial charge in [0.25, 0.3) is 0 Å². The molecule has 0 aliphatic carbocycles. The minimum Gasteiger partial charge on any atom is -0.480 e. The lowest BCUT2D eigenvalue weighted by molar-refractivity contribution is -0.151. The number of rotatable bonds is 6. The van der Waals surface area contributed by atoms with E-state index in [2.05, 4.69) is 5.32 Å². The van der Waals surface area contributed by atoms with Crippen molar-refractivity contribution in [3.05, 3.63) is 64.2 Å². The molecule has 2 aliphatic heterocycles. The second-order valence-corrected chi connectivity index (χ2v) is 9.58. The van der Waals surface area contributed by atoms with Crippen LogP contribution in [0.2, 0.25) is 5.02 Å². The van der Waals surface area contributed by atoms with Crippen molar-refractivity contribution in [2.24, 2.45) is 17.8 Å². The van der Waals surface area contributed by atoms with Gasteiger partial charge in [-0.05, 0) is 48.2 Å². The summed E-state index contributed by atoms with van der Waals surface area (Å²) in [4.78, 5) is 53.3. The predicted molar refractivity (Wildman–Crippen MR) is 129 cm³/mol. The van der Waals surface area contributed by atoms with Crippen molar-refractivity contribution in [3.63, 3.8) is 0 Å². The molecular weight excluding hydrogens is 472 g/mol. The fourth-order valence-corrected chi connectivity index (χ4v) is 5.50. The highest BCUT2D eigenvalue weighted by atomic mass is 35.5. The second-order valence-electron chi connectivity index (χ2n) is 9.17. The van der Waals surface area contributed by atoms with Gasteiger partial charge in [-0.15, -0.1) is 0 Å². The Hall–Kier alpha value is -3.23. The van der Waals surface area contributed by atoms with Crippen LogP contribution in [0.25, 0.3) is 0 Å². The normalized spacial score (nSPS) is 26.5. The van der Waals surface area contributed by atoms with Crippen molar-refractivity contribution < 1.29 is 29.0 Å². The summed E-state index contributed by atoms with van der Waals surface area (Å²) in [7, 11) is 1.28. The topological polar surface area (TPSA) is 113 Å². The minimum absolute atomic E-state index is 0.313. The second kappa shape index (κ2) is 9.09. The number of esters is 1. The van der Waals surface area contributed by atoms with Crippen molar-refractivity contribution in [1.29, 1.82) is 0 Å². The lowest BCUT2D eigenvalue weighted by Gasteiger charge is -2.36. The van der Waals surface area contributed by atoms with E-state index in [9.17, 15) is 24.3 Å². The van der Waals surface area contributed by atoms with E-state index >= 15 is 0 Å². The zero-order chi connectivity index (χ0) is 25.7. The number of hydrogen-bond donors (Lipinski definition) is 2. The fourth-order valence-electron chi connectivity index (χ4n) is 5.33. The number of anilines is 1. The van der Waals surface area contributed by atoms with Crippen molar-refractivity contribution in [2.45, 2.75) is 38.8 Å². The highest BCUT2D eigenvalue weighted by Gasteiger charge is 2.70. The molecule has 4 rings (SSSR count). The first-order valence-corrected chi connectivity index (χ1v) is 11.8. The van der Waals surface area contributed by atoms with Crippen LogP contribution in [0, 0.1) is 24.7 Å². The quantitative estimate of drug-likeness (QED) is 0.460. The van der Waals surface area contributed by atoms with Gasteiger partial charge in [-0.2, -0.15) is 0 Å². The van der Waals surface area contributed by atoms with Gasteiger partial charge >= 0.3 is 11.9 Å². The predicted octanol–water partition coefficient (Wildman–Crippen LogP) is 3.75. The number of methoxy groups -OCH3 is 1. The number of amides is 2. The largest absolute Gasteiger partial charge is 0.480 e. The average molecular weight is 499 g/mol. The Bertz CT molecular complexity index is 1210. The monoisotopic (exact) mass is 498 g/mol. The number of carboxylic acids is 1. The van der Waals surface area contributed by atoms with Crippen LogP contribution in [0.15, 0.2) is 42.5 Å². The maximum atomic E-state index is 13.8. The third-order valence-electron chi connectivity index (χ3n) is 7.44. The smallest absolute Gasteiger partial charge is 0.337 e. The Morgan fingerprint density at radius 1 is 1.17 bits per heavy atom. The molecule has 0 aromatic heterocycles. The third kappa shape index (κ3) is 3.72. The molecule has 2 aromatic rings. The zero-order valence-electron chi connectivity index (χ0n) is 19.9. The van der Waals surface area contributed by atoms with Gasteiger partial charge in [0.1, 0.15) is 5.54 Å². The van der Waals surface area contributed by atoms with Crippen LogP contribution in [0.1, 0.15) is 47.8 Å². The van der Waals surface area contributed by atoms with Gasteiger partial charge in [0, 0.05) is 11.1 Å². The summed E-state index contributed by atoms with van der Waals surface area (Å²) < 4.78 is 4.75. The lowest BCUT2D eigenvalue weighted by atomic mass is 9.72. The van der Waals surface area contributed by atoms with Crippen molar-refractivity contribution in [2.75, 3.05) is 12.0 Å². The molecule has 2 fully saturated rings. The molecule has 2 saturated heterocycles. The third-order valence-corrected chi connectivity index (χ3v) is 7.85. The number of aryl methyl sites for hydroxylation is 1. The number of fused-ring (bicyclic) bond motifs is 1. The maximum Gasteiger partial charge on any atom is 0.337 e. The first-order chi connectivity index (χ1) is 16.6. The maximum absolute atomic E-state index is 13.8. The Balaban J connectivity index is 1.85. The summed E-state index contributed by atoms with van der Waals surface area (Å²) >= 11 is 6.27. The van der Waals surface area contributed by atoms with Crippen LogP contribution < -0.4 is 10.2 Å². The van der Waals surface area contributed by atoms with E-state index in [0.717, 1.165) is 10.5 Å². The van der Waals surface area contributed by atoms with E-state index in [1.54, 1.807) is 49.4 Å². The SMILES string of the molecule is CCC(C)C1(C(=O)O)NC(c2ccc(C(=O)OC)cc2)C2C(=O)N(c3ccc(C)c(Cl)c3)C(=O)C21. The molecule has 2 amide bonds. The van der Waals surface area contributed by atoms with Gasteiger partial charge in [0.15, 0.2) is 0 Å². The number of ether oxygens (including phenoxy) is 1. The molecule has 0 spiro atoms. The standard InChI is InChI=1S/C26H27ClN2O6/c1-5-14(3)26(25(33)34)20-19(21(28-26)15-7-9-16(10-8-15)24(32)35-4)22(30)29(23(20)31)17-11-6-13(2)18(27)12-17/h6-12,14,19-21,28H,5H2,1-4H3,(H,33,34). The Kier molecular flexibility index (Phi) is 6.46. The summed E-state index contributed by atoms with van der Waals surface area (Å²) in [6.45, 7) is 5.43. The zero-order valence-corrected chi connectivity index (χ0v) is 20.6. The summed E-state index contributed by atoms with van der Waals surface area (Å²) in [5.41, 5.74) is 0.375. The van der Waals surface area contributed by atoms with Crippen LogP contribution in [0.3, 0.4) is 0 Å². The van der Waals surface area contributed by atoms with Crippen molar-refractivity contribution in [1.82, 2.24) is 5.32 Å². The molecule has 0 bridgehead atoms. The molecule has 2 aliphatic rings. The molecule has 2 heterocycles. The van der Waals surface area contributed by atoms with E-state index in [4.69, 9.17) is 16.3 Å². The average Bonchev–Trinajstić information content (AvgIpc) is 3.34. The van der Waals surface area contributed by atoms with Gasteiger partial charge < -0.3 is 9.84 Å². The molecular formula is C26H27ClN2O6. The Labute approximate surface area is 208 Å². The van der Waals surface area contributed by atoms with Crippen LogP contribution in [-0.4, -0.2) is 41.5 Å². The highest BCUT2D eigenvalue weighted by Crippen LogP contribution is 2.53. The molecule has 2 aromatic carbocycles. The van der Waals surface area contributed by atoms with Crippen molar-refractivity contribution >= 4 is 41.0 Å². The molecule has 0 saturated carbocycles. The molecule has 2 N–H and O–H groups in total. The van der Waals surface area contributed by atoms with Gasteiger partial charge in [-0.1, -0.05) is 50.1 Å². The van der Waals surface area contributed by atoms with Gasteiger partial charge in [-0.3, -0.25) is 19.7 Å². The van der Waals surface area contributed by atoms with E-state index in [1.165, 1.54) is 7.11 Å². The molecule has 9 heteroatoms. The fraction of sp³-hybridized carbons (Fsp3) is 0.385. The number of nitrogens with zero attached hydrogens (tertiary/aromatic N) is 1. The number of imide groups is 1. The highest BCUT2D eigenvalue weighted by molar-refractivity contribution is 6.32. The van der Waals surface area contributed by atoms with Gasteiger partial charge in [0.05, 0.1) is 30.2 Å². The van der Waals surface area contributed by atoms with Crippen molar-refractivity contribution in [3.8, 4) is 0 Å². The first kappa shape index (κ1) is 24.9. The summed E-state index contributed by atoms with van der Waals surface area (Å²) in [5.74, 6) is -5.26. The number of carboxylic acid groups (broad SMARTS) is 1. The molecule has 35 heavy (non-hydrogen) atoms. The Morgan fingerprint density at radius 2 is 1.83 bits per heavy atom. The van der Waals surface area contributed by atoms with E-state index in [0.29, 0.717) is 28.3 Å². The van der Waals surface area contributed by atoms with E-state index < -0.39 is 53.1 Å². The molecule has 5 atom stereocenters. The minimum atomic E-state index is -1.65. The molecule has 0 radical (unpaired) electrons. The number of hydrogen-bond acceptors (Lipinski definition) is 6. The van der Waals surface area contributed by atoms with Gasteiger partial charge in [0.2, 0.25) is 11.8 Å². The van der Waals surface area contributed by atoms with Crippen LogP contribution >= 0.6 is 11.6 Å². The van der Waals surface area contributed by atoms with Crippen LogP contribution in [0.4, 0.5) is 5.69 Å². The Morgan fingerprint density at radius 3 is 2.37 bits per heavy atom. The lowest BCUT2D eigenvalue weighted by Crippen LogP contribution is -2.59. The number of benzene rings is 2. The number of halogens is 1. The van der Waals surface area contributed by atoms with Crippen LogP contribution in [0.5, 0.6) is 0 Å². The summed E-state index contributed by atoms with van der Waals surface area (Å²) in [6, 6.07) is 10.6. The number of carbonyl (C=O) groups excluding carboxylic acids is 3. The van der Waals surface area contributed by atoms with Crippen LogP contribution in [-0.2, 0) is 19.1 Å². The van der Waals surface area contributed by atoms with Gasteiger partial charge in [-0.25, -0.2) is 9.69 Å². The molecule has 5 unspecified atom stereocenters. The number of aliphatic carboxylic acids is 1. The van der Waals surface area contributed by atoms with E-state index in [1.807, 2.05) is 13.8 Å². The van der Waals surface area contributed by atoms with E-state index in [-0.39, 0.29) is 0 Å². The first-order valence-electron chi connectivity index (χ1n) is 11.4.